The molecule has 0 amide bonds. The normalized spacial score (nSPS) is 12.4. The van der Waals surface area contributed by atoms with Gasteiger partial charge in [-0.2, -0.15) is 7.11 Å². The molecule has 0 aliphatic carbocycles. The number of ether oxygens (including phenoxy) is 1. The molecule has 0 fully saturated rings. The molecule has 0 aliphatic rings. The molecule has 274 valence electrons. The van der Waals surface area contributed by atoms with E-state index in [1.54, 1.807) is 12.1 Å². The summed E-state index contributed by atoms with van der Waals surface area (Å²) >= 11 is 0. The first-order valence-corrected chi connectivity index (χ1v) is 18.1. The summed E-state index contributed by atoms with van der Waals surface area (Å²) in [6.07, 6.45) is 1.85. The average Bonchev–Trinajstić information content (AvgIpc) is 3.60. The van der Waals surface area contributed by atoms with Crippen molar-refractivity contribution in [3.05, 3.63) is 175 Å². The van der Waals surface area contributed by atoms with Gasteiger partial charge in [-0.15, -0.1) is 29.3 Å². The monoisotopic (exact) mass is 899 g/mol. The molecule has 0 aliphatic heterocycles. The Hall–Kier alpha value is -5.57. The predicted octanol–water partition coefficient (Wildman–Crippen LogP) is 12.9. The number of hydrogen-bond donors (Lipinski definition) is 0. The Labute approximate surface area is 343 Å². The van der Waals surface area contributed by atoms with Crippen LogP contribution in [0.2, 0.25) is 0 Å². The first-order chi connectivity index (χ1) is 27.3. The topological polar surface area (TPSA) is 39.9 Å². The summed E-state index contributed by atoms with van der Waals surface area (Å²) in [5.41, 5.74) is 13.5. The number of benzene rings is 6. The molecule has 2 aromatic heterocycles. The van der Waals surface area contributed by atoms with Gasteiger partial charge in [0.1, 0.15) is 5.82 Å². The van der Waals surface area contributed by atoms with E-state index in [-0.39, 0.29) is 32.0 Å². The van der Waals surface area contributed by atoms with Crippen molar-refractivity contribution in [3.63, 3.8) is 0 Å². The maximum Gasteiger partial charge on any atom is 2.00 e. The van der Waals surface area contributed by atoms with E-state index >= 15 is 0 Å². The van der Waals surface area contributed by atoms with E-state index in [2.05, 4.69) is 81.0 Å². The number of pyridine rings is 1. The fourth-order valence-electron chi connectivity index (χ4n) is 7.28. The SMILES string of the molecule is [2H]C([2H])([2H])c1cc(-c2ccccc2)cc(-n2c(-c3cc(C)cc(C)c3O[CH2-])nc3c(-c4[c-]c(-c5cc(-c6ccccc6)ccn5)cc(C(C)(C)C)c4)cccc32)c1.[Pt+2]. The molecule has 0 N–H and O–H groups in total. The zero-order chi connectivity index (χ0) is 40.1. The van der Waals surface area contributed by atoms with Gasteiger partial charge in [0.05, 0.1) is 22.3 Å². The van der Waals surface area contributed by atoms with Crippen LogP contribution in [-0.2, 0) is 26.5 Å². The van der Waals surface area contributed by atoms with Crippen LogP contribution < -0.4 is 4.74 Å². The van der Waals surface area contributed by atoms with Gasteiger partial charge in [0, 0.05) is 21.7 Å². The maximum atomic E-state index is 8.50. The quantitative estimate of drug-likeness (QED) is 0.150. The largest absolute Gasteiger partial charge is 2.00 e. The molecule has 55 heavy (non-hydrogen) atoms. The summed E-state index contributed by atoms with van der Waals surface area (Å²) in [5, 5.41) is 0. The molecule has 8 aromatic rings. The standard InChI is InChI=1S/C50H43N3O.Pt/c1-32-23-34(3)48(54-7)44(26-32)49-52-47-43(19-14-20-46(47)53(49)42-25-33(2)24-38(30-42)36-17-12-9-13-18-36)39-27-40(29-41(28-39)50(4,5)6)45-31-37(21-22-51-45)35-15-10-8-11-16-35;/h8-26,28-31H,7H2,1-6H3;/q-2;+2/i2D3;. The molecule has 0 unspecified atom stereocenters. The molecule has 2 heterocycles. The maximum absolute atomic E-state index is 8.50. The van der Waals surface area contributed by atoms with Crippen LogP contribution in [0.4, 0.5) is 0 Å². The Kier molecular flexibility index (Phi) is 9.44. The Morgan fingerprint density at radius 1 is 0.691 bits per heavy atom. The number of aromatic nitrogens is 3. The number of imidazole rings is 1. The van der Waals surface area contributed by atoms with E-state index < -0.39 is 6.85 Å². The van der Waals surface area contributed by atoms with Gasteiger partial charge in [-0.1, -0.05) is 123 Å². The minimum Gasteiger partial charge on any atom is -0.665 e. The van der Waals surface area contributed by atoms with Crippen LogP contribution in [0.15, 0.2) is 140 Å². The van der Waals surface area contributed by atoms with Crippen LogP contribution in [-0.4, -0.2) is 14.5 Å². The molecule has 6 aromatic carbocycles. The minimum atomic E-state index is -2.35. The Balaban J connectivity index is 0.00000512. The molecule has 0 saturated carbocycles. The van der Waals surface area contributed by atoms with E-state index in [4.69, 9.17) is 18.8 Å². The van der Waals surface area contributed by atoms with Gasteiger partial charge < -0.3 is 4.74 Å². The summed E-state index contributed by atoms with van der Waals surface area (Å²) in [6, 6.07) is 48.2. The van der Waals surface area contributed by atoms with E-state index in [9.17, 15) is 0 Å². The number of nitrogens with zero attached hydrogens (tertiary/aromatic N) is 3. The van der Waals surface area contributed by atoms with Crippen molar-refractivity contribution in [1.82, 2.24) is 14.5 Å². The summed E-state index contributed by atoms with van der Waals surface area (Å²) in [7, 11) is 3.83. The second-order valence-corrected chi connectivity index (χ2v) is 14.9. The fraction of sp³-hybridized carbons (Fsp3) is 0.140. The second kappa shape index (κ2) is 15.3. The van der Waals surface area contributed by atoms with Crippen molar-refractivity contribution < 1.29 is 29.9 Å². The zero-order valence-corrected chi connectivity index (χ0v) is 33.8. The smallest absolute Gasteiger partial charge is 0.665 e. The van der Waals surface area contributed by atoms with Crippen LogP contribution in [0.1, 0.15) is 47.1 Å². The minimum absolute atomic E-state index is 0. The molecule has 0 bridgehead atoms. The van der Waals surface area contributed by atoms with Gasteiger partial charge in [0.15, 0.2) is 0 Å². The second-order valence-electron chi connectivity index (χ2n) is 14.9. The van der Waals surface area contributed by atoms with Crippen molar-refractivity contribution in [3.8, 4) is 67.5 Å². The van der Waals surface area contributed by atoms with Gasteiger partial charge in [0.25, 0.3) is 0 Å². The number of fused-ring (bicyclic) bond motifs is 1. The van der Waals surface area contributed by atoms with Gasteiger partial charge in [-0.05, 0) is 95.4 Å². The summed E-state index contributed by atoms with van der Waals surface area (Å²) in [5.74, 6) is 1.20. The Morgan fingerprint density at radius 3 is 2.09 bits per heavy atom. The van der Waals surface area contributed by atoms with Crippen LogP contribution in [0.3, 0.4) is 0 Å². The zero-order valence-electron chi connectivity index (χ0n) is 34.6. The molecule has 0 radical (unpaired) electrons. The molecule has 0 saturated heterocycles. The van der Waals surface area contributed by atoms with Crippen molar-refractivity contribution in [2.45, 2.75) is 46.9 Å². The molecule has 5 heteroatoms. The van der Waals surface area contributed by atoms with Crippen molar-refractivity contribution in [1.29, 1.82) is 0 Å². The van der Waals surface area contributed by atoms with E-state index in [1.807, 2.05) is 98.9 Å². The molecular weight excluding hydrogens is 854 g/mol. The number of rotatable bonds is 7. The van der Waals surface area contributed by atoms with Gasteiger partial charge >= 0.3 is 21.1 Å². The van der Waals surface area contributed by atoms with Gasteiger partial charge in [-0.25, -0.2) is 4.98 Å². The third-order valence-electron chi connectivity index (χ3n) is 9.94. The van der Waals surface area contributed by atoms with E-state index in [0.29, 0.717) is 17.3 Å². The Bertz CT molecular complexity index is 2770. The average molecular weight is 900 g/mol. The van der Waals surface area contributed by atoms with Crippen LogP contribution in [0, 0.1) is 33.9 Å². The van der Waals surface area contributed by atoms with E-state index in [1.165, 1.54) is 0 Å². The third-order valence-corrected chi connectivity index (χ3v) is 9.94. The third kappa shape index (κ3) is 7.44. The molecule has 8 rings (SSSR count). The van der Waals surface area contributed by atoms with Crippen molar-refractivity contribution >= 4 is 11.0 Å². The number of hydrogen-bond acceptors (Lipinski definition) is 3. The van der Waals surface area contributed by atoms with Crippen LogP contribution in [0.5, 0.6) is 5.75 Å². The molecule has 0 atom stereocenters. The molecule has 0 spiro atoms. The number of aryl methyl sites for hydroxylation is 3. The summed E-state index contributed by atoms with van der Waals surface area (Å²) in [6.45, 7) is 8.31. The van der Waals surface area contributed by atoms with Crippen LogP contribution in [0.25, 0.3) is 72.7 Å². The molecular formula is C50H43N3OPt. The van der Waals surface area contributed by atoms with Gasteiger partial charge in [0.2, 0.25) is 0 Å². The first kappa shape index (κ1) is 34.0. The van der Waals surface area contributed by atoms with E-state index in [0.717, 1.165) is 77.9 Å². The first-order valence-electron chi connectivity index (χ1n) is 19.6. The van der Waals surface area contributed by atoms with Crippen molar-refractivity contribution in [2.75, 3.05) is 0 Å². The summed E-state index contributed by atoms with van der Waals surface area (Å²) < 4.78 is 33.4. The van der Waals surface area contributed by atoms with Crippen LogP contribution >= 0.6 is 0 Å². The molecule has 4 nitrogen and oxygen atoms in total. The van der Waals surface area contributed by atoms with Crippen molar-refractivity contribution in [2.24, 2.45) is 0 Å². The van der Waals surface area contributed by atoms with Gasteiger partial charge in [-0.3, -0.25) is 9.55 Å². The summed E-state index contributed by atoms with van der Waals surface area (Å²) in [4.78, 5) is 10.3. The number of para-hydroxylation sites is 1. The predicted molar refractivity (Wildman–Crippen MR) is 224 cm³/mol. The fourth-order valence-corrected chi connectivity index (χ4v) is 7.28. The Morgan fingerprint density at radius 2 is 1.40 bits per heavy atom.